The van der Waals surface area contributed by atoms with Crippen LogP contribution < -0.4 is 5.32 Å². The van der Waals surface area contributed by atoms with E-state index in [0.717, 1.165) is 24.0 Å². The Morgan fingerprint density at radius 2 is 2.14 bits per heavy atom. The van der Waals surface area contributed by atoms with Crippen molar-refractivity contribution in [2.75, 3.05) is 19.8 Å². The van der Waals surface area contributed by atoms with Gasteiger partial charge >= 0.3 is 0 Å². The highest BCUT2D eigenvalue weighted by atomic mass is 16.5. The predicted octanol–water partition coefficient (Wildman–Crippen LogP) is 1.64. The maximum Gasteiger partial charge on any atom is 0.252 e. The summed E-state index contributed by atoms with van der Waals surface area (Å²) < 4.78 is 5.35. The maximum absolute atomic E-state index is 12.5. The van der Waals surface area contributed by atoms with Gasteiger partial charge in [-0.2, -0.15) is 0 Å². The molecule has 1 aromatic carbocycles. The van der Waals surface area contributed by atoms with Crippen LogP contribution in [0.3, 0.4) is 0 Å². The highest BCUT2D eigenvalue weighted by molar-refractivity contribution is 5.96. The first kappa shape index (κ1) is 15.6. The fraction of sp³-hybridized carbons (Fsp3) is 0.471. The molecular formula is C17H21NO3. The molecule has 2 N–H and O–H groups in total. The minimum absolute atomic E-state index is 0.0791. The molecule has 0 spiro atoms. The van der Waals surface area contributed by atoms with Gasteiger partial charge in [0.15, 0.2) is 0 Å². The first-order valence-electron chi connectivity index (χ1n) is 7.15. The van der Waals surface area contributed by atoms with E-state index in [1.165, 1.54) is 0 Å². The van der Waals surface area contributed by atoms with Crippen LogP contribution in [0, 0.1) is 18.8 Å². The van der Waals surface area contributed by atoms with Crippen molar-refractivity contribution in [3.63, 3.8) is 0 Å². The number of aliphatic hydroxyl groups excluding tert-OH is 1. The molecule has 1 saturated heterocycles. The zero-order valence-corrected chi connectivity index (χ0v) is 12.5. The summed E-state index contributed by atoms with van der Waals surface area (Å²) in [6, 6.07) is 5.50. The first-order chi connectivity index (χ1) is 10.0. The van der Waals surface area contributed by atoms with Crippen LogP contribution in [0.1, 0.15) is 41.3 Å². The van der Waals surface area contributed by atoms with Crippen molar-refractivity contribution in [2.45, 2.75) is 32.2 Å². The van der Waals surface area contributed by atoms with E-state index < -0.39 is 0 Å². The molecule has 112 valence electrons. The molecule has 0 saturated carbocycles. The number of aliphatic hydroxyl groups is 1. The van der Waals surface area contributed by atoms with Crippen LogP contribution in [0.5, 0.6) is 0 Å². The van der Waals surface area contributed by atoms with Gasteiger partial charge in [0.05, 0.1) is 0 Å². The Kier molecular flexibility index (Phi) is 5.00. The summed E-state index contributed by atoms with van der Waals surface area (Å²) in [5.74, 6) is 5.35. The topological polar surface area (TPSA) is 58.6 Å². The van der Waals surface area contributed by atoms with Crippen molar-refractivity contribution in [3.05, 3.63) is 34.9 Å². The largest absolute Gasteiger partial charge is 0.384 e. The number of rotatable bonds is 2. The van der Waals surface area contributed by atoms with Crippen molar-refractivity contribution >= 4 is 5.91 Å². The molecular weight excluding hydrogens is 266 g/mol. The third kappa shape index (κ3) is 4.07. The molecule has 1 heterocycles. The van der Waals surface area contributed by atoms with Gasteiger partial charge < -0.3 is 15.2 Å². The summed E-state index contributed by atoms with van der Waals surface area (Å²) in [7, 11) is 0. The minimum Gasteiger partial charge on any atom is -0.384 e. The van der Waals surface area contributed by atoms with E-state index in [1.54, 1.807) is 6.07 Å². The van der Waals surface area contributed by atoms with Crippen molar-refractivity contribution in [3.8, 4) is 11.8 Å². The molecule has 0 aromatic heterocycles. The Hall–Kier alpha value is -1.83. The van der Waals surface area contributed by atoms with Gasteiger partial charge in [0, 0.05) is 29.9 Å². The number of amides is 1. The van der Waals surface area contributed by atoms with Gasteiger partial charge in [0.2, 0.25) is 0 Å². The Morgan fingerprint density at radius 3 is 2.81 bits per heavy atom. The highest BCUT2D eigenvalue weighted by Gasteiger charge is 2.29. The second-order valence-corrected chi connectivity index (χ2v) is 5.62. The van der Waals surface area contributed by atoms with Crippen LogP contribution >= 0.6 is 0 Å². The number of hydrogen-bond acceptors (Lipinski definition) is 3. The Morgan fingerprint density at radius 1 is 1.43 bits per heavy atom. The summed E-state index contributed by atoms with van der Waals surface area (Å²) in [6.45, 7) is 5.13. The van der Waals surface area contributed by atoms with Gasteiger partial charge in [0.25, 0.3) is 5.91 Å². The van der Waals surface area contributed by atoms with Crippen LogP contribution in [-0.2, 0) is 4.74 Å². The molecule has 0 aliphatic carbocycles. The Bertz CT molecular complexity index is 577. The van der Waals surface area contributed by atoms with Gasteiger partial charge in [-0.05, 0) is 44.4 Å². The molecule has 0 atom stereocenters. The minimum atomic E-state index is -0.214. The molecule has 2 rings (SSSR count). The van der Waals surface area contributed by atoms with Gasteiger partial charge in [-0.1, -0.05) is 17.9 Å². The average Bonchev–Trinajstić information content (AvgIpc) is 2.46. The fourth-order valence-electron chi connectivity index (χ4n) is 2.37. The summed E-state index contributed by atoms with van der Waals surface area (Å²) in [6.07, 6.45) is 1.64. The SMILES string of the molecule is Cc1ccc(C#CCO)cc1C(=O)NC1(C)CCOCC1. The first-order valence-corrected chi connectivity index (χ1v) is 7.15. The van der Waals surface area contributed by atoms with Crippen molar-refractivity contribution in [2.24, 2.45) is 0 Å². The van der Waals surface area contributed by atoms with Crippen molar-refractivity contribution in [1.82, 2.24) is 5.32 Å². The quantitative estimate of drug-likeness (QED) is 0.813. The van der Waals surface area contributed by atoms with E-state index in [4.69, 9.17) is 9.84 Å². The smallest absolute Gasteiger partial charge is 0.252 e. The normalized spacial score (nSPS) is 16.7. The van der Waals surface area contributed by atoms with Crippen LogP contribution in [-0.4, -0.2) is 36.4 Å². The second kappa shape index (κ2) is 6.75. The molecule has 0 unspecified atom stereocenters. The lowest BCUT2D eigenvalue weighted by Gasteiger charge is -2.34. The predicted molar refractivity (Wildman–Crippen MR) is 81.1 cm³/mol. The third-order valence-corrected chi connectivity index (χ3v) is 3.81. The molecule has 1 fully saturated rings. The third-order valence-electron chi connectivity index (χ3n) is 3.81. The standard InChI is InChI=1S/C17H21NO3/c1-13-5-6-14(4-3-9-19)12-15(13)16(20)18-17(2)7-10-21-11-8-17/h5-6,12,19H,7-11H2,1-2H3,(H,18,20). The van der Waals surface area contributed by atoms with E-state index in [-0.39, 0.29) is 18.1 Å². The van der Waals surface area contributed by atoms with E-state index >= 15 is 0 Å². The molecule has 1 aliphatic heterocycles. The zero-order chi connectivity index (χ0) is 15.3. The van der Waals surface area contributed by atoms with Crippen LogP contribution in [0.25, 0.3) is 0 Å². The number of benzene rings is 1. The molecule has 4 nitrogen and oxygen atoms in total. The summed E-state index contributed by atoms with van der Waals surface area (Å²) in [4.78, 5) is 12.5. The lowest BCUT2D eigenvalue weighted by Crippen LogP contribution is -2.49. The highest BCUT2D eigenvalue weighted by Crippen LogP contribution is 2.21. The Balaban J connectivity index is 2.18. The average molecular weight is 287 g/mol. The van der Waals surface area contributed by atoms with E-state index in [2.05, 4.69) is 24.1 Å². The number of ether oxygens (including phenoxy) is 1. The molecule has 1 amide bonds. The number of carbonyl (C=O) groups excluding carboxylic acids is 1. The van der Waals surface area contributed by atoms with Gasteiger partial charge in [0.1, 0.15) is 6.61 Å². The van der Waals surface area contributed by atoms with Gasteiger partial charge in [-0.25, -0.2) is 0 Å². The summed E-state index contributed by atoms with van der Waals surface area (Å²) in [5.41, 5.74) is 2.07. The second-order valence-electron chi connectivity index (χ2n) is 5.62. The molecule has 0 radical (unpaired) electrons. The lowest BCUT2D eigenvalue weighted by atomic mass is 9.91. The van der Waals surface area contributed by atoms with Crippen LogP contribution in [0.15, 0.2) is 18.2 Å². The van der Waals surface area contributed by atoms with Crippen LogP contribution in [0.4, 0.5) is 0 Å². The number of carbonyl (C=O) groups is 1. The van der Waals surface area contributed by atoms with E-state index in [9.17, 15) is 4.79 Å². The van der Waals surface area contributed by atoms with E-state index in [0.29, 0.717) is 18.8 Å². The number of hydrogen-bond donors (Lipinski definition) is 2. The molecule has 21 heavy (non-hydrogen) atoms. The van der Waals surface area contributed by atoms with Crippen molar-refractivity contribution < 1.29 is 14.6 Å². The number of aryl methyl sites for hydroxylation is 1. The molecule has 1 aromatic rings. The zero-order valence-electron chi connectivity index (χ0n) is 12.5. The van der Waals surface area contributed by atoms with Gasteiger partial charge in [-0.3, -0.25) is 4.79 Å². The monoisotopic (exact) mass is 287 g/mol. The summed E-state index contributed by atoms with van der Waals surface area (Å²) >= 11 is 0. The lowest BCUT2D eigenvalue weighted by molar-refractivity contribution is 0.0422. The van der Waals surface area contributed by atoms with Gasteiger partial charge in [-0.15, -0.1) is 0 Å². The molecule has 1 aliphatic rings. The summed E-state index contributed by atoms with van der Waals surface area (Å²) in [5, 5.41) is 11.9. The molecule has 0 bridgehead atoms. The fourth-order valence-corrected chi connectivity index (χ4v) is 2.37. The molecule has 4 heteroatoms. The Labute approximate surface area is 125 Å². The van der Waals surface area contributed by atoms with Crippen LogP contribution in [0.2, 0.25) is 0 Å². The maximum atomic E-state index is 12.5. The van der Waals surface area contributed by atoms with Crippen molar-refractivity contribution in [1.29, 1.82) is 0 Å². The van der Waals surface area contributed by atoms with E-state index in [1.807, 2.05) is 19.1 Å². The number of nitrogens with one attached hydrogen (secondary N) is 1.